The molecule has 130 valence electrons. The SMILES string of the molecule is CCCOc1ccc2c(c1)C(c1ccnc(N3CCOCC3)c1)=NC2. The summed E-state index contributed by atoms with van der Waals surface area (Å²) in [5, 5.41) is 0. The van der Waals surface area contributed by atoms with Crippen molar-refractivity contribution in [3.8, 4) is 5.75 Å². The van der Waals surface area contributed by atoms with Gasteiger partial charge in [-0.3, -0.25) is 4.99 Å². The van der Waals surface area contributed by atoms with Crippen molar-refractivity contribution in [3.63, 3.8) is 0 Å². The van der Waals surface area contributed by atoms with Crippen LogP contribution in [0.1, 0.15) is 30.0 Å². The molecule has 2 aliphatic rings. The lowest BCUT2D eigenvalue weighted by Crippen LogP contribution is -2.36. The van der Waals surface area contributed by atoms with Gasteiger partial charge in [-0.25, -0.2) is 4.98 Å². The van der Waals surface area contributed by atoms with Gasteiger partial charge in [-0.15, -0.1) is 0 Å². The van der Waals surface area contributed by atoms with Crippen molar-refractivity contribution in [1.82, 2.24) is 4.98 Å². The fourth-order valence-corrected chi connectivity index (χ4v) is 3.25. The number of nitrogens with zero attached hydrogens (tertiary/aromatic N) is 3. The van der Waals surface area contributed by atoms with E-state index in [1.54, 1.807) is 0 Å². The summed E-state index contributed by atoms with van der Waals surface area (Å²) in [5.41, 5.74) is 4.58. The standard InChI is InChI=1S/C20H23N3O2/c1-2-9-25-17-4-3-16-14-22-20(18(16)13-17)15-5-6-21-19(12-15)23-7-10-24-11-8-23/h3-6,12-13H,2,7-11,14H2,1H3. The fraction of sp³-hybridized carbons (Fsp3) is 0.400. The quantitative estimate of drug-likeness (QED) is 0.841. The number of hydrogen-bond donors (Lipinski definition) is 0. The first-order valence-electron chi connectivity index (χ1n) is 8.95. The normalized spacial score (nSPS) is 16.5. The third-order valence-corrected chi connectivity index (χ3v) is 4.57. The van der Waals surface area contributed by atoms with Gasteiger partial charge in [0.15, 0.2) is 0 Å². The van der Waals surface area contributed by atoms with Gasteiger partial charge in [-0.1, -0.05) is 13.0 Å². The molecule has 1 aromatic heterocycles. The Morgan fingerprint density at radius 2 is 2.04 bits per heavy atom. The summed E-state index contributed by atoms with van der Waals surface area (Å²) in [4.78, 5) is 11.6. The molecule has 0 aliphatic carbocycles. The number of benzene rings is 1. The van der Waals surface area contributed by atoms with E-state index in [2.05, 4.69) is 35.0 Å². The van der Waals surface area contributed by atoms with Crippen molar-refractivity contribution in [1.29, 1.82) is 0 Å². The second-order valence-corrected chi connectivity index (χ2v) is 6.33. The minimum Gasteiger partial charge on any atom is -0.494 e. The van der Waals surface area contributed by atoms with Crippen LogP contribution in [-0.2, 0) is 11.3 Å². The first kappa shape index (κ1) is 16.1. The lowest BCUT2D eigenvalue weighted by molar-refractivity contribution is 0.122. The van der Waals surface area contributed by atoms with Gasteiger partial charge in [-0.05, 0) is 36.2 Å². The third-order valence-electron chi connectivity index (χ3n) is 4.57. The first-order valence-corrected chi connectivity index (χ1v) is 8.95. The number of anilines is 1. The molecule has 1 aromatic carbocycles. The maximum Gasteiger partial charge on any atom is 0.129 e. The van der Waals surface area contributed by atoms with Gasteiger partial charge in [0.1, 0.15) is 11.6 Å². The molecule has 3 heterocycles. The summed E-state index contributed by atoms with van der Waals surface area (Å²) < 4.78 is 11.2. The fourth-order valence-electron chi connectivity index (χ4n) is 3.25. The van der Waals surface area contributed by atoms with E-state index in [1.807, 2.05) is 18.3 Å². The number of ether oxygens (including phenoxy) is 2. The van der Waals surface area contributed by atoms with Crippen LogP contribution >= 0.6 is 0 Å². The molecule has 5 nitrogen and oxygen atoms in total. The zero-order valence-corrected chi connectivity index (χ0v) is 14.6. The maximum absolute atomic E-state index is 5.79. The molecule has 0 bridgehead atoms. The van der Waals surface area contributed by atoms with Crippen LogP contribution < -0.4 is 9.64 Å². The first-order chi connectivity index (χ1) is 12.3. The highest BCUT2D eigenvalue weighted by atomic mass is 16.5. The molecule has 2 aromatic rings. The summed E-state index contributed by atoms with van der Waals surface area (Å²) in [6.45, 7) is 6.87. The van der Waals surface area contributed by atoms with Crippen LogP contribution in [0.3, 0.4) is 0 Å². The lowest BCUT2D eigenvalue weighted by atomic mass is 10.0. The average molecular weight is 337 g/mol. The molecule has 0 amide bonds. The van der Waals surface area contributed by atoms with Crippen molar-refractivity contribution in [3.05, 3.63) is 53.2 Å². The number of aliphatic imine (C=N–C) groups is 1. The molecule has 0 radical (unpaired) electrons. The van der Waals surface area contributed by atoms with Crippen LogP contribution in [0.4, 0.5) is 5.82 Å². The highest BCUT2D eigenvalue weighted by Crippen LogP contribution is 2.28. The van der Waals surface area contributed by atoms with Crippen LogP contribution in [0.2, 0.25) is 0 Å². The van der Waals surface area contributed by atoms with Crippen LogP contribution in [0.25, 0.3) is 0 Å². The number of hydrogen-bond acceptors (Lipinski definition) is 5. The predicted molar refractivity (Wildman–Crippen MR) is 98.8 cm³/mol. The Bertz CT molecular complexity index is 782. The molecular weight excluding hydrogens is 314 g/mol. The topological polar surface area (TPSA) is 47.0 Å². The summed E-state index contributed by atoms with van der Waals surface area (Å²) in [5.74, 6) is 1.91. The molecule has 25 heavy (non-hydrogen) atoms. The minimum atomic E-state index is 0.730. The van der Waals surface area contributed by atoms with Crippen molar-refractivity contribution < 1.29 is 9.47 Å². The second kappa shape index (κ2) is 7.23. The molecule has 4 rings (SSSR count). The number of aromatic nitrogens is 1. The molecule has 1 saturated heterocycles. The number of morpholine rings is 1. The summed E-state index contributed by atoms with van der Waals surface area (Å²) >= 11 is 0. The van der Waals surface area contributed by atoms with Crippen LogP contribution in [0, 0.1) is 0 Å². The predicted octanol–water partition coefficient (Wildman–Crippen LogP) is 3.06. The highest BCUT2D eigenvalue weighted by Gasteiger charge is 2.20. The summed E-state index contributed by atoms with van der Waals surface area (Å²) in [7, 11) is 0. The molecule has 0 N–H and O–H groups in total. The van der Waals surface area contributed by atoms with Gasteiger partial charge in [-0.2, -0.15) is 0 Å². The van der Waals surface area contributed by atoms with Crippen molar-refractivity contribution in [2.75, 3.05) is 37.8 Å². The van der Waals surface area contributed by atoms with Crippen molar-refractivity contribution in [2.45, 2.75) is 19.9 Å². The van der Waals surface area contributed by atoms with Crippen LogP contribution in [0.15, 0.2) is 41.5 Å². The molecule has 0 saturated carbocycles. The Hall–Kier alpha value is -2.40. The van der Waals surface area contributed by atoms with Crippen LogP contribution in [0.5, 0.6) is 5.75 Å². The number of pyridine rings is 1. The summed E-state index contributed by atoms with van der Waals surface area (Å²) in [6.07, 6.45) is 2.88. The molecule has 5 heteroatoms. The Labute approximate surface area is 148 Å². The molecule has 0 unspecified atom stereocenters. The highest BCUT2D eigenvalue weighted by molar-refractivity contribution is 6.15. The minimum absolute atomic E-state index is 0.730. The Kier molecular flexibility index (Phi) is 4.65. The zero-order chi connectivity index (χ0) is 17.1. The smallest absolute Gasteiger partial charge is 0.129 e. The average Bonchev–Trinajstić information content (AvgIpc) is 3.10. The van der Waals surface area contributed by atoms with E-state index < -0.39 is 0 Å². The van der Waals surface area contributed by atoms with E-state index in [4.69, 9.17) is 14.5 Å². The molecule has 0 spiro atoms. The molecule has 2 aliphatic heterocycles. The Morgan fingerprint density at radius 1 is 1.16 bits per heavy atom. The third kappa shape index (κ3) is 3.37. The van der Waals surface area contributed by atoms with Gasteiger partial charge in [0.2, 0.25) is 0 Å². The Morgan fingerprint density at radius 3 is 2.88 bits per heavy atom. The van der Waals surface area contributed by atoms with E-state index in [-0.39, 0.29) is 0 Å². The molecule has 1 fully saturated rings. The van der Waals surface area contributed by atoms with Gasteiger partial charge < -0.3 is 14.4 Å². The largest absolute Gasteiger partial charge is 0.494 e. The van der Waals surface area contributed by atoms with E-state index in [0.29, 0.717) is 0 Å². The maximum atomic E-state index is 5.79. The van der Waals surface area contributed by atoms with Crippen molar-refractivity contribution >= 4 is 11.5 Å². The van der Waals surface area contributed by atoms with E-state index in [0.717, 1.165) is 68.7 Å². The van der Waals surface area contributed by atoms with Gasteiger partial charge in [0.05, 0.1) is 32.1 Å². The number of fused-ring (bicyclic) bond motifs is 1. The number of rotatable bonds is 5. The van der Waals surface area contributed by atoms with Gasteiger partial charge in [0, 0.05) is 30.4 Å². The Balaban J connectivity index is 1.61. The lowest BCUT2D eigenvalue weighted by Gasteiger charge is -2.28. The van der Waals surface area contributed by atoms with Gasteiger partial charge >= 0.3 is 0 Å². The molecular formula is C20H23N3O2. The van der Waals surface area contributed by atoms with Crippen molar-refractivity contribution in [2.24, 2.45) is 4.99 Å². The monoisotopic (exact) mass is 337 g/mol. The summed E-state index contributed by atoms with van der Waals surface area (Å²) in [6, 6.07) is 10.5. The van der Waals surface area contributed by atoms with E-state index in [1.165, 1.54) is 11.1 Å². The zero-order valence-electron chi connectivity index (χ0n) is 14.6. The van der Waals surface area contributed by atoms with Crippen LogP contribution in [-0.4, -0.2) is 43.6 Å². The van der Waals surface area contributed by atoms with E-state index >= 15 is 0 Å². The second-order valence-electron chi connectivity index (χ2n) is 6.33. The van der Waals surface area contributed by atoms with E-state index in [9.17, 15) is 0 Å². The molecule has 0 atom stereocenters. The van der Waals surface area contributed by atoms with Gasteiger partial charge in [0.25, 0.3) is 0 Å².